The van der Waals surface area contributed by atoms with Crippen molar-refractivity contribution < 1.29 is 18.0 Å². The number of nitrogens with zero attached hydrogens (tertiary/aromatic N) is 1. The lowest BCUT2D eigenvalue weighted by atomic mass is 10.1. The summed E-state index contributed by atoms with van der Waals surface area (Å²) >= 11 is 0. The highest BCUT2D eigenvalue weighted by Gasteiger charge is 2.32. The van der Waals surface area contributed by atoms with Gasteiger partial charge >= 0.3 is 6.18 Å². The predicted octanol–water partition coefficient (Wildman–Crippen LogP) is 3.25. The van der Waals surface area contributed by atoms with E-state index in [1.807, 2.05) is 13.8 Å². The molecule has 1 aromatic carbocycles. The van der Waals surface area contributed by atoms with Crippen molar-refractivity contribution in [2.45, 2.75) is 38.9 Å². The van der Waals surface area contributed by atoms with E-state index >= 15 is 0 Å². The average Bonchev–Trinajstić information content (AvgIpc) is 2.44. The van der Waals surface area contributed by atoms with Gasteiger partial charge in [-0.25, -0.2) is 0 Å². The van der Waals surface area contributed by atoms with Crippen molar-refractivity contribution in [1.82, 2.24) is 4.90 Å². The van der Waals surface area contributed by atoms with E-state index in [0.717, 1.165) is 31.0 Å². The number of anilines is 1. The van der Waals surface area contributed by atoms with Crippen LogP contribution < -0.4 is 11.3 Å². The highest BCUT2D eigenvalue weighted by Crippen LogP contribution is 2.32. The molecule has 4 nitrogen and oxygen atoms in total. The van der Waals surface area contributed by atoms with Gasteiger partial charge in [-0.15, -0.1) is 0 Å². The summed E-state index contributed by atoms with van der Waals surface area (Å²) in [5.41, 5.74) is 1.48. The summed E-state index contributed by atoms with van der Waals surface area (Å²) in [6, 6.07) is 2.81. The van der Waals surface area contributed by atoms with Gasteiger partial charge in [-0.1, -0.05) is 13.3 Å². The first-order valence-electron chi connectivity index (χ1n) is 6.67. The highest BCUT2D eigenvalue weighted by molar-refractivity contribution is 5.99. The number of carbonyl (C=O) groups excluding carboxylic acids is 1. The number of alkyl halides is 3. The topological polar surface area (TPSA) is 58.4 Å². The molecule has 118 valence electrons. The van der Waals surface area contributed by atoms with E-state index in [1.54, 1.807) is 7.05 Å². The van der Waals surface area contributed by atoms with Gasteiger partial charge < -0.3 is 10.3 Å². The lowest BCUT2D eigenvalue weighted by Gasteiger charge is -2.26. The summed E-state index contributed by atoms with van der Waals surface area (Å²) in [7, 11) is 1.57. The Kier molecular flexibility index (Phi) is 5.60. The van der Waals surface area contributed by atoms with Crippen LogP contribution in [-0.2, 0) is 6.18 Å². The van der Waals surface area contributed by atoms with Gasteiger partial charge in [-0.2, -0.15) is 13.2 Å². The highest BCUT2D eigenvalue weighted by atomic mass is 19.4. The number of nitrogens with two attached hydrogens (primary N) is 1. The first-order chi connectivity index (χ1) is 9.72. The lowest BCUT2D eigenvalue weighted by Crippen LogP contribution is -2.35. The predicted molar refractivity (Wildman–Crippen MR) is 75.7 cm³/mol. The Balaban J connectivity index is 3.17. The van der Waals surface area contributed by atoms with Crippen LogP contribution in [0.15, 0.2) is 18.2 Å². The summed E-state index contributed by atoms with van der Waals surface area (Å²) < 4.78 is 38.3. The van der Waals surface area contributed by atoms with Crippen molar-refractivity contribution in [3.05, 3.63) is 29.3 Å². The van der Waals surface area contributed by atoms with Gasteiger partial charge in [0.25, 0.3) is 5.91 Å². The third-order valence-electron chi connectivity index (χ3n) is 3.42. The Bertz CT molecular complexity index is 503. The van der Waals surface area contributed by atoms with Crippen LogP contribution in [0, 0.1) is 0 Å². The monoisotopic (exact) mass is 303 g/mol. The molecule has 1 rings (SSSR count). The number of amides is 1. The zero-order valence-electron chi connectivity index (χ0n) is 12.3. The number of nitrogen functional groups attached to an aromatic ring is 1. The van der Waals surface area contributed by atoms with Crippen LogP contribution in [0.4, 0.5) is 18.9 Å². The number of hydrazine groups is 1. The van der Waals surface area contributed by atoms with Crippen molar-refractivity contribution in [3.8, 4) is 0 Å². The van der Waals surface area contributed by atoms with E-state index in [0.29, 0.717) is 0 Å². The second-order valence-electron chi connectivity index (χ2n) is 4.96. The van der Waals surface area contributed by atoms with Crippen molar-refractivity contribution in [1.29, 1.82) is 0 Å². The molecular formula is C14H20F3N3O. The molecule has 0 aliphatic carbocycles. The van der Waals surface area contributed by atoms with Gasteiger partial charge in [0.15, 0.2) is 0 Å². The molecule has 21 heavy (non-hydrogen) atoms. The summed E-state index contributed by atoms with van der Waals surface area (Å²) in [5, 5.41) is 0. The maximum Gasteiger partial charge on any atom is 0.416 e. The van der Waals surface area contributed by atoms with Gasteiger partial charge in [-0.3, -0.25) is 10.6 Å². The average molecular weight is 303 g/mol. The summed E-state index contributed by atoms with van der Waals surface area (Å²) in [5.74, 6) is 4.79. The second kappa shape index (κ2) is 6.80. The Hall–Kier alpha value is -1.76. The number of hydrogen-bond donors (Lipinski definition) is 2. The van der Waals surface area contributed by atoms with Crippen LogP contribution in [0.25, 0.3) is 0 Å². The van der Waals surface area contributed by atoms with E-state index in [1.165, 1.54) is 4.90 Å². The van der Waals surface area contributed by atoms with E-state index in [-0.39, 0.29) is 17.3 Å². The minimum Gasteiger partial charge on any atom is -0.339 e. The van der Waals surface area contributed by atoms with Crippen LogP contribution in [0.5, 0.6) is 0 Å². The van der Waals surface area contributed by atoms with Crippen LogP contribution in [0.3, 0.4) is 0 Å². The van der Waals surface area contributed by atoms with E-state index in [2.05, 4.69) is 5.43 Å². The van der Waals surface area contributed by atoms with Crippen molar-refractivity contribution in [2.75, 3.05) is 12.5 Å². The minimum absolute atomic E-state index is 0.0670. The van der Waals surface area contributed by atoms with Crippen LogP contribution in [-0.4, -0.2) is 23.9 Å². The molecule has 1 aromatic rings. The smallest absolute Gasteiger partial charge is 0.339 e. The maximum atomic E-state index is 12.8. The molecule has 1 unspecified atom stereocenters. The molecule has 0 fully saturated rings. The third kappa shape index (κ3) is 4.10. The maximum absolute atomic E-state index is 12.8. The largest absolute Gasteiger partial charge is 0.416 e. The molecular weight excluding hydrogens is 283 g/mol. The van der Waals surface area contributed by atoms with Crippen molar-refractivity contribution in [2.24, 2.45) is 5.84 Å². The number of rotatable bonds is 5. The molecule has 0 radical (unpaired) electrons. The van der Waals surface area contributed by atoms with Gasteiger partial charge in [0.1, 0.15) is 0 Å². The number of halogens is 3. The van der Waals surface area contributed by atoms with Gasteiger partial charge in [0.05, 0.1) is 16.8 Å². The zero-order valence-corrected chi connectivity index (χ0v) is 12.3. The SMILES string of the molecule is CCCC(C)N(C)C(=O)c1cc(C(F)(F)F)ccc1NN. The molecule has 0 heterocycles. The van der Waals surface area contributed by atoms with Crippen LogP contribution in [0.2, 0.25) is 0 Å². The molecule has 0 saturated carbocycles. The lowest BCUT2D eigenvalue weighted by molar-refractivity contribution is -0.137. The number of carbonyl (C=O) groups is 1. The number of hydrogen-bond acceptors (Lipinski definition) is 3. The first kappa shape index (κ1) is 17.3. The van der Waals surface area contributed by atoms with Gasteiger partial charge in [0.2, 0.25) is 0 Å². The molecule has 0 aliphatic heterocycles. The molecule has 1 atom stereocenters. The molecule has 3 N–H and O–H groups in total. The number of nitrogens with one attached hydrogen (secondary N) is 1. The van der Waals surface area contributed by atoms with Crippen molar-refractivity contribution >= 4 is 11.6 Å². The van der Waals surface area contributed by atoms with Gasteiger partial charge in [0, 0.05) is 13.1 Å². The molecule has 0 saturated heterocycles. The van der Waals surface area contributed by atoms with E-state index in [4.69, 9.17) is 5.84 Å². The fourth-order valence-corrected chi connectivity index (χ4v) is 2.02. The Morgan fingerprint density at radius 1 is 1.43 bits per heavy atom. The quantitative estimate of drug-likeness (QED) is 0.648. The molecule has 0 aliphatic rings. The molecule has 0 bridgehead atoms. The van der Waals surface area contributed by atoms with E-state index < -0.39 is 17.6 Å². The molecule has 7 heteroatoms. The summed E-state index contributed by atoms with van der Waals surface area (Å²) in [6.07, 6.45) is -2.86. The van der Waals surface area contributed by atoms with Crippen LogP contribution in [0.1, 0.15) is 42.6 Å². The first-order valence-corrected chi connectivity index (χ1v) is 6.67. The van der Waals surface area contributed by atoms with Crippen LogP contribution >= 0.6 is 0 Å². The Labute approximate surface area is 122 Å². The number of benzene rings is 1. The molecule has 0 aromatic heterocycles. The fourth-order valence-electron chi connectivity index (χ4n) is 2.02. The minimum atomic E-state index is -4.50. The standard InChI is InChI=1S/C14H20F3N3O/c1-4-5-9(2)20(3)13(21)11-8-10(14(15,16)17)6-7-12(11)19-18/h6-9,19H,4-5,18H2,1-3H3. The van der Waals surface area contributed by atoms with E-state index in [9.17, 15) is 18.0 Å². The van der Waals surface area contributed by atoms with Crippen molar-refractivity contribution in [3.63, 3.8) is 0 Å². The Morgan fingerprint density at radius 3 is 2.52 bits per heavy atom. The Morgan fingerprint density at radius 2 is 2.05 bits per heavy atom. The molecule has 1 amide bonds. The summed E-state index contributed by atoms with van der Waals surface area (Å²) in [6.45, 7) is 3.83. The normalized spacial score (nSPS) is 12.9. The fraction of sp³-hybridized carbons (Fsp3) is 0.500. The molecule has 0 spiro atoms. The third-order valence-corrected chi connectivity index (χ3v) is 3.42. The summed E-state index contributed by atoms with van der Waals surface area (Å²) in [4.78, 5) is 13.8. The zero-order chi connectivity index (χ0) is 16.2. The van der Waals surface area contributed by atoms with Gasteiger partial charge in [-0.05, 0) is 31.5 Å². The second-order valence-corrected chi connectivity index (χ2v) is 4.96.